The van der Waals surface area contributed by atoms with E-state index in [0.29, 0.717) is 0 Å². The molecule has 0 saturated carbocycles. The number of para-hydroxylation sites is 1. The van der Waals surface area contributed by atoms with Crippen molar-refractivity contribution in [3.63, 3.8) is 0 Å². The zero-order chi connectivity index (χ0) is 11.1. The highest BCUT2D eigenvalue weighted by molar-refractivity contribution is 6.01. The topological polar surface area (TPSA) is 51.1 Å². The summed E-state index contributed by atoms with van der Waals surface area (Å²) < 4.78 is 34.0. The van der Waals surface area contributed by atoms with Gasteiger partial charge in [0.25, 0.3) is 0 Å². The van der Waals surface area contributed by atoms with Crippen molar-refractivity contribution in [2.45, 2.75) is 13.2 Å². The summed E-state index contributed by atoms with van der Waals surface area (Å²) in [6.07, 6.45) is -3.66. The van der Waals surface area contributed by atoms with Gasteiger partial charge in [-0.05, 0) is 19.1 Å². The Kier molecular flexibility index (Phi) is 1.99. The smallest absolute Gasteiger partial charge is 0.411 e. The highest BCUT2D eigenvalue weighted by Gasteiger charge is 2.44. The fraction of sp³-hybridized carbons (Fsp3) is 0.222. The predicted molar refractivity (Wildman–Crippen MR) is 46.6 cm³/mol. The van der Waals surface area contributed by atoms with Gasteiger partial charge in [0.1, 0.15) is 0 Å². The van der Waals surface area contributed by atoms with Crippen LogP contribution in [0.3, 0.4) is 0 Å². The van der Waals surface area contributed by atoms with Crippen molar-refractivity contribution in [3.8, 4) is 11.5 Å². The fourth-order valence-electron chi connectivity index (χ4n) is 1.31. The zero-order valence-electron chi connectivity index (χ0n) is 7.70. The molecule has 0 radical (unpaired) electrons. The van der Waals surface area contributed by atoms with E-state index in [9.17, 15) is 8.78 Å². The van der Waals surface area contributed by atoms with Crippen LogP contribution in [0.2, 0.25) is 0 Å². The number of hydrogen-bond donors (Lipinski definition) is 1. The minimum absolute atomic E-state index is 0.0690. The summed E-state index contributed by atoms with van der Waals surface area (Å²) >= 11 is 0. The number of alkyl halides is 2. The second kappa shape index (κ2) is 3.08. The molecule has 1 aliphatic rings. The fourth-order valence-corrected chi connectivity index (χ4v) is 1.31. The molecule has 0 aliphatic carbocycles. The van der Waals surface area contributed by atoms with Crippen molar-refractivity contribution in [3.05, 3.63) is 23.8 Å². The van der Waals surface area contributed by atoms with Crippen molar-refractivity contribution < 1.29 is 23.5 Å². The van der Waals surface area contributed by atoms with E-state index in [0.717, 1.165) is 0 Å². The predicted octanol–water partition coefficient (Wildman–Crippen LogP) is 2.21. The molecule has 1 aromatic carbocycles. The van der Waals surface area contributed by atoms with Gasteiger partial charge >= 0.3 is 6.29 Å². The molecule has 4 nitrogen and oxygen atoms in total. The van der Waals surface area contributed by atoms with E-state index in [-0.39, 0.29) is 22.8 Å². The van der Waals surface area contributed by atoms with Gasteiger partial charge in [0, 0.05) is 5.56 Å². The molecule has 0 amide bonds. The van der Waals surface area contributed by atoms with Gasteiger partial charge < -0.3 is 14.7 Å². The standard InChI is InChI=1S/C9H7F2NO3/c1-5(12-13)6-3-2-4-7-8(6)15-9(10,11)14-7/h2-4,13H,1H3/b12-5+. The Morgan fingerprint density at radius 3 is 2.80 bits per heavy atom. The summed E-state index contributed by atoms with van der Waals surface area (Å²) in [5, 5.41) is 11.5. The van der Waals surface area contributed by atoms with Gasteiger partial charge in [0.2, 0.25) is 0 Å². The van der Waals surface area contributed by atoms with Crippen LogP contribution in [0.4, 0.5) is 8.78 Å². The van der Waals surface area contributed by atoms with Crippen LogP contribution in [0.5, 0.6) is 11.5 Å². The molecule has 2 rings (SSSR count). The van der Waals surface area contributed by atoms with Crippen molar-refractivity contribution >= 4 is 5.71 Å². The number of fused-ring (bicyclic) bond motifs is 1. The number of rotatable bonds is 1. The molecule has 80 valence electrons. The summed E-state index contributed by atoms with van der Waals surface area (Å²) in [7, 11) is 0. The summed E-state index contributed by atoms with van der Waals surface area (Å²) in [5.74, 6) is -0.182. The number of nitrogens with zero attached hydrogens (tertiary/aromatic N) is 1. The molecule has 1 N–H and O–H groups in total. The Bertz CT molecular complexity index is 431. The average molecular weight is 215 g/mol. The first kappa shape index (κ1) is 9.70. The Morgan fingerprint density at radius 1 is 1.40 bits per heavy atom. The molecule has 0 saturated heterocycles. The van der Waals surface area contributed by atoms with E-state index in [1.165, 1.54) is 25.1 Å². The summed E-state index contributed by atoms with van der Waals surface area (Å²) in [6.45, 7) is 1.47. The maximum absolute atomic E-state index is 12.7. The molecule has 1 aliphatic heterocycles. The molecule has 0 aromatic heterocycles. The number of ether oxygens (including phenoxy) is 2. The first-order valence-electron chi connectivity index (χ1n) is 4.11. The quantitative estimate of drug-likeness (QED) is 0.444. The molecular weight excluding hydrogens is 208 g/mol. The maximum Gasteiger partial charge on any atom is 0.586 e. The number of hydrogen-bond acceptors (Lipinski definition) is 4. The Labute approximate surface area is 83.7 Å². The Morgan fingerprint density at radius 2 is 2.13 bits per heavy atom. The lowest BCUT2D eigenvalue weighted by atomic mass is 10.1. The average Bonchev–Trinajstić information content (AvgIpc) is 2.49. The number of benzene rings is 1. The van der Waals surface area contributed by atoms with E-state index in [2.05, 4.69) is 14.6 Å². The van der Waals surface area contributed by atoms with Crippen LogP contribution in [-0.2, 0) is 0 Å². The zero-order valence-corrected chi connectivity index (χ0v) is 7.70. The molecule has 0 bridgehead atoms. The first-order chi connectivity index (χ1) is 7.03. The van der Waals surface area contributed by atoms with Gasteiger partial charge in [0.05, 0.1) is 5.71 Å². The van der Waals surface area contributed by atoms with E-state index in [1.807, 2.05) is 0 Å². The van der Waals surface area contributed by atoms with Crippen LogP contribution < -0.4 is 9.47 Å². The number of halogens is 2. The van der Waals surface area contributed by atoms with Crippen LogP contribution in [-0.4, -0.2) is 17.2 Å². The highest BCUT2D eigenvalue weighted by atomic mass is 19.3. The third kappa shape index (κ3) is 1.58. The Balaban J connectivity index is 2.51. The third-order valence-electron chi connectivity index (χ3n) is 1.97. The lowest BCUT2D eigenvalue weighted by Crippen LogP contribution is -2.26. The molecule has 0 spiro atoms. The summed E-state index contributed by atoms with van der Waals surface area (Å²) in [4.78, 5) is 0. The lowest BCUT2D eigenvalue weighted by molar-refractivity contribution is -0.286. The van der Waals surface area contributed by atoms with E-state index in [1.54, 1.807) is 0 Å². The van der Waals surface area contributed by atoms with Crippen LogP contribution in [0.1, 0.15) is 12.5 Å². The van der Waals surface area contributed by atoms with Crippen LogP contribution in [0.25, 0.3) is 0 Å². The highest BCUT2D eigenvalue weighted by Crippen LogP contribution is 2.43. The minimum atomic E-state index is -3.66. The third-order valence-corrected chi connectivity index (χ3v) is 1.97. The second-order valence-electron chi connectivity index (χ2n) is 2.99. The van der Waals surface area contributed by atoms with Gasteiger partial charge in [-0.2, -0.15) is 0 Å². The molecule has 0 fully saturated rings. The van der Waals surface area contributed by atoms with Crippen molar-refractivity contribution in [1.29, 1.82) is 0 Å². The number of oxime groups is 1. The largest absolute Gasteiger partial charge is 0.586 e. The second-order valence-corrected chi connectivity index (χ2v) is 2.99. The normalized spacial score (nSPS) is 17.9. The van der Waals surface area contributed by atoms with Crippen LogP contribution in [0.15, 0.2) is 23.4 Å². The summed E-state index contributed by atoms with van der Waals surface area (Å²) in [6, 6.07) is 4.36. The molecule has 0 unspecified atom stereocenters. The van der Waals surface area contributed by atoms with E-state index in [4.69, 9.17) is 5.21 Å². The lowest BCUT2D eigenvalue weighted by Gasteiger charge is -2.05. The van der Waals surface area contributed by atoms with Gasteiger partial charge in [0.15, 0.2) is 11.5 Å². The van der Waals surface area contributed by atoms with Crippen molar-refractivity contribution in [1.82, 2.24) is 0 Å². The molecular formula is C9H7F2NO3. The molecule has 0 atom stereocenters. The van der Waals surface area contributed by atoms with Crippen molar-refractivity contribution in [2.24, 2.45) is 5.16 Å². The molecule has 1 heterocycles. The summed E-state index contributed by atoms with van der Waals surface area (Å²) in [5.41, 5.74) is 0.445. The minimum Gasteiger partial charge on any atom is -0.411 e. The van der Waals surface area contributed by atoms with Gasteiger partial charge in [-0.25, -0.2) is 0 Å². The molecule has 15 heavy (non-hydrogen) atoms. The van der Waals surface area contributed by atoms with Gasteiger partial charge in [-0.1, -0.05) is 11.2 Å². The SMILES string of the molecule is C/C(=N\O)c1cccc2c1OC(F)(F)O2. The van der Waals surface area contributed by atoms with Crippen molar-refractivity contribution in [2.75, 3.05) is 0 Å². The van der Waals surface area contributed by atoms with E-state index < -0.39 is 6.29 Å². The van der Waals surface area contributed by atoms with Crippen LogP contribution >= 0.6 is 0 Å². The molecule has 6 heteroatoms. The maximum atomic E-state index is 12.7. The van der Waals surface area contributed by atoms with Crippen LogP contribution in [0, 0.1) is 0 Å². The monoisotopic (exact) mass is 215 g/mol. The van der Waals surface area contributed by atoms with Gasteiger partial charge in [-0.15, -0.1) is 8.78 Å². The first-order valence-corrected chi connectivity index (χ1v) is 4.11. The van der Waals surface area contributed by atoms with E-state index >= 15 is 0 Å². The van der Waals surface area contributed by atoms with Gasteiger partial charge in [-0.3, -0.25) is 0 Å². The Hall–Kier alpha value is -1.85. The molecule has 1 aromatic rings.